The number of hydrogen-bond donors (Lipinski definition) is 3. The minimum atomic E-state index is -0.881. The Morgan fingerprint density at radius 2 is 1.56 bits per heavy atom. The number of carbonyl (C=O) groups is 3. The van der Waals surface area contributed by atoms with E-state index < -0.39 is 22.8 Å². The second-order valence-electron chi connectivity index (χ2n) is 7.14. The summed E-state index contributed by atoms with van der Waals surface area (Å²) in [6.45, 7) is 3.79. The number of hydrogen-bond acceptors (Lipinski definition) is 5. The summed E-state index contributed by atoms with van der Waals surface area (Å²) in [4.78, 5) is 47.5. The molecule has 0 heterocycles. The highest BCUT2D eigenvalue weighted by Crippen LogP contribution is 2.22. The third kappa shape index (κ3) is 6.66. The smallest absolute Gasteiger partial charge is 0.270 e. The number of nitrogens with one attached hydrogen (secondary N) is 3. The minimum Gasteiger partial charge on any atom is -0.353 e. The molecule has 2 aromatic carbocycles. The van der Waals surface area contributed by atoms with Crippen LogP contribution in [0.5, 0.6) is 0 Å². The second-order valence-corrected chi connectivity index (χ2v) is 7.96. The molecule has 0 aliphatic rings. The summed E-state index contributed by atoms with van der Waals surface area (Å²) < 4.78 is 0. The van der Waals surface area contributed by atoms with E-state index in [1.807, 2.05) is 0 Å². The van der Waals surface area contributed by atoms with E-state index in [9.17, 15) is 24.5 Å². The average Bonchev–Trinajstić information content (AvgIpc) is 2.74. The van der Waals surface area contributed by atoms with Gasteiger partial charge in [-0.1, -0.05) is 49.2 Å². The quantitative estimate of drug-likeness (QED) is 0.288. The van der Waals surface area contributed by atoms with Gasteiger partial charge in [-0.25, -0.2) is 0 Å². The zero-order valence-electron chi connectivity index (χ0n) is 17.4. The van der Waals surface area contributed by atoms with Crippen LogP contribution in [-0.4, -0.2) is 41.8 Å². The van der Waals surface area contributed by atoms with Crippen LogP contribution in [-0.2, 0) is 4.79 Å². The van der Waals surface area contributed by atoms with E-state index in [4.69, 9.17) is 23.2 Å². The van der Waals surface area contributed by atoms with Gasteiger partial charge in [-0.2, -0.15) is 0 Å². The Bertz CT molecular complexity index is 1030. The van der Waals surface area contributed by atoms with E-state index in [1.165, 1.54) is 6.07 Å². The highest BCUT2D eigenvalue weighted by atomic mass is 35.5. The number of nitro groups is 1. The van der Waals surface area contributed by atoms with Gasteiger partial charge >= 0.3 is 0 Å². The molecule has 2 aromatic rings. The molecule has 11 heteroatoms. The van der Waals surface area contributed by atoms with Crippen LogP contribution < -0.4 is 16.0 Å². The molecular weight excluding hydrogens is 459 g/mol. The maximum absolute atomic E-state index is 12.6. The van der Waals surface area contributed by atoms with Gasteiger partial charge in [0.05, 0.1) is 26.1 Å². The summed E-state index contributed by atoms with van der Waals surface area (Å²) in [6.07, 6.45) is 0. The molecule has 0 spiro atoms. The van der Waals surface area contributed by atoms with Crippen molar-refractivity contribution in [3.8, 4) is 0 Å². The van der Waals surface area contributed by atoms with Crippen LogP contribution in [0.3, 0.4) is 0 Å². The number of nitrogens with zero attached hydrogens (tertiary/aromatic N) is 1. The van der Waals surface area contributed by atoms with Crippen LogP contribution in [0.4, 0.5) is 5.69 Å². The van der Waals surface area contributed by atoms with Crippen LogP contribution in [0.15, 0.2) is 42.5 Å². The molecule has 3 N–H and O–H groups in total. The Morgan fingerprint density at radius 1 is 0.938 bits per heavy atom. The van der Waals surface area contributed by atoms with Crippen LogP contribution in [0, 0.1) is 16.0 Å². The van der Waals surface area contributed by atoms with Crippen molar-refractivity contribution in [3.05, 3.63) is 73.8 Å². The maximum Gasteiger partial charge on any atom is 0.270 e. The van der Waals surface area contributed by atoms with Gasteiger partial charge in [-0.05, 0) is 24.1 Å². The number of non-ortho nitro benzene ring substituents is 1. The molecule has 1 atom stereocenters. The fourth-order valence-corrected chi connectivity index (χ4v) is 3.25. The van der Waals surface area contributed by atoms with E-state index in [1.54, 1.807) is 38.1 Å². The maximum atomic E-state index is 12.6. The summed E-state index contributed by atoms with van der Waals surface area (Å²) >= 11 is 12.0. The van der Waals surface area contributed by atoms with Crippen molar-refractivity contribution < 1.29 is 19.3 Å². The number of carbonyl (C=O) groups excluding carboxylic acids is 3. The molecule has 32 heavy (non-hydrogen) atoms. The van der Waals surface area contributed by atoms with Gasteiger partial charge in [0.2, 0.25) is 5.91 Å². The summed E-state index contributed by atoms with van der Waals surface area (Å²) in [5.41, 5.74) is 0.0963. The van der Waals surface area contributed by atoms with Gasteiger partial charge in [0.15, 0.2) is 0 Å². The molecule has 0 aliphatic carbocycles. The third-order valence-electron chi connectivity index (χ3n) is 4.47. The fraction of sp³-hybridized carbons (Fsp3) is 0.286. The number of amides is 3. The van der Waals surface area contributed by atoms with Crippen molar-refractivity contribution in [2.24, 2.45) is 5.92 Å². The molecule has 0 fully saturated rings. The first-order chi connectivity index (χ1) is 15.1. The Balaban J connectivity index is 1.92. The van der Waals surface area contributed by atoms with E-state index in [0.29, 0.717) is 10.6 Å². The van der Waals surface area contributed by atoms with Gasteiger partial charge in [-0.15, -0.1) is 0 Å². The zero-order chi connectivity index (χ0) is 23.8. The predicted octanol–water partition coefficient (Wildman–Crippen LogP) is 3.20. The fourth-order valence-electron chi connectivity index (χ4n) is 2.77. The Morgan fingerprint density at radius 3 is 2.16 bits per heavy atom. The first-order valence-corrected chi connectivity index (χ1v) is 10.4. The summed E-state index contributed by atoms with van der Waals surface area (Å²) in [7, 11) is 0. The number of benzene rings is 2. The highest BCUT2D eigenvalue weighted by molar-refractivity contribution is 6.34. The Labute approximate surface area is 194 Å². The molecule has 0 radical (unpaired) electrons. The molecular formula is C21H22Cl2N4O5. The third-order valence-corrected chi connectivity index (χ3v) is 5.11. The van der Waals surface area contributed by atoms with Crippen LogP contribution >= 0.6 is 23.2 Å². The molecule has 0 bridgehead atoms. The van der Waals surface area contributed by atoms with Crippen molar-refractivity contribution in [2.45, 2.75) is 19.9 Å². The predicted molar refractivity (Wildman–Crippen MR) is 121 cm³/mol. The largest absolute Gasteiger partial charge is 0.353 e. The normalized spacial score (nSPS) is 11.5. The molecule has 9 nitrogen and oxygen atoms in total. The first kappa shape index (κ1) is 25.1. The molecule has 1 unspecified atom stereocenters. The lowest BCUT2D eigenvalue weighted by atomic mass is 10.0. The molecule has 0 saturated carbocycles. The van der Waals surface area contributed by atoms with Crippen LogP contribution in [0.1, 0.15) is 34.6 Å². The summed E-state index contributed by atoms with van der Waals surface area (Å²) in [5.74, 6) is -1.70. The molecule has 170 valence electrons. The number of nitro benzene ring substituents is 1. The molecule has 3 amide bonds. The van der Waals surface area contributed by atoms with E-state index in [0.717, 1.165) is 12.1 Å². The molecule has 0 aromatic heterocycles. The molecule has 0 saturated heterocycles. The lowest BCUT2D eigenvalue weighted by Crippen LogP contribution is -2.50. The lowest BCUT2D eigenvalue weighted by molar-refractivity contribution is -0.384. The van der Waals surface area contributed by atoms with E-state index in [-0.39, 0.29) is 41.2 Å². The monoisotopic (exact) mass is 480 g/mol. The van der Waals surface area contributed by atoms with E-state index in [2.05, 4.69) is 16.0 Å². The van der Waals surface area contributed by atoms with Crippen molar-refractivity contribution in [1.82, 2.24) is 16.0 Å². The standard InChI is InChI=1S/C21H22Cl2N4O5/c1-12(2)18(26-20(29)15-8-7-13(27(31)32)11-17(15)23)21(30)25-10-9-24-19(28)14-5-3-4-6-16(14)22/h3-8,11-12,18H,9-10H2,1-2H3,(H,24,28)(H,25,30)(H,26,29). The van der Waals surface area contributed by atoms with E-state index >= 15 is 0 Å². The van der Waals surface area contributed by atoms with Gasteiger partial charge in [0, 0.05) is 25.2 Å². The van der Waals surface area contributed by atoms with Gasteiger partial charge < -0.3 is 16.0 Å². The highest BCUT2D eigenvalue weighted by Gasteiger charge is 2.26. The van der Waals surface area contributed by atoms with Gasteiger partial charge in [-0.3, -0.25) is 24.5 Å². The topological polar surface area (TPSA) is 130 Å². The SMILES string of the molecule is CC(C)C(NC(=O)c1ccc([N+](=O)[O-])cc1Cl)C(=O)NCCNC(=O)c1ccccc1Cl. The Kier molecular flexibility index (Phi) is 8.98. The second kappa shape index (κ2) is 11.4. The molecule has 2 rings (SSSR count). The van der Waals surface area contributed by atoms with Crippen molar-refractivity contribution in [1.29, 1.82) is 0 Å². The summed E-state index contributed by atoms with van der Waals surface area (Å²) in [6, 6.07) is 9.17. The summed E-state index contributed by atoms with van der Waals surface area (Å²) in [5, 5.41) is 18.9. The number of rotatable bonds is 9. The van der Waals surface area contributed by atoms with Crippen molar-refractivity contribution in [3.63, 3.8) is 0 Å². The minimum absolute atomic E-state index is 0.0164. The Hall–Kier alpha value is -3.17. The zero-order valence-corrected chi connectivity index (χ0v) is 18.9. The first-order valence-electron chi connectivity index (χ1n) is 9.67. The van der Waals surface area contributed by atoms with Gasteiger partial charge in [0.25, 0.3) is 17.5 Å². The van der Waals surface area contributed by atoms with Crippen LogP contribution in [0.25, 0.3) is 0 Å². The average molecular weight is 481 g/mol. The van der Waals surface area contributed by atoms with Crippen LogP contribution in [0.2, 0.25) is 10.0 Å². The lowest BCUT2D eigenvalue weighted by Gasteiger charge is -2.22. The van der Waals surface area contributed by atoms with Gasteiger partial charge in [0.1, 0.15) is 6.04 Å². The van der Waals surface area contributed by atoms with Crippen molar-refractivity contribution in [2.75, 3.05) is 13.1 Å². The molecule has 0 aliphatic heterocycles. The number of halogens is 2. The van der Waals surface area contributed by atoms with Crippen molar-refractivity contribution >= 4 is 46.6 Å².